The van der Waals surface area contributed by atoms with Crippen molar-refractivity contribution in [2.45, 2.75) is 4.90 Å². The Morgan fingerprint density at radius 3 is 2.76 bits per heavy atom. The zero-order valence-corrected chi connectivity index (χ0v) is 11.9. The fourth-order valence-electron chi connectivity index (χ4n) is 1.70. The van der Waals surface area contributed by atoms with E-state index in [2.05, 4.69) is 9.71 Å². The molecule has 0 bridgehead atoms. The van der Waals surface area contributed by atoms with Crippen LogP contribution in [0.4, 0.5) is 11.4 Å². The monoisotopic (exact) mass is 304 g/mol. The van der Waals surface area contributed by atoms with Gasteiger partial charge in [-0.1, -0.05) is 0 Å². The SMILES string of the molecule is COc1ccc(NS(=O)(=O)c2cccnc2C#N)cc1N. The summed E-state index contributed by atoms with van der Waals surface area (Å²) < 4.78 is 31.9. The lowest BCUT2D eigenvalue weighted by Crippen LogP contribution is -2.15. The molecule has 2 aromatic rings. The Balaban J connectivity index is 2.38. The molecule has 108 valence electrons. The van der Waals surface area contributed by atoms with Crippen LogP contribution in [-0.2, 0) is 10.0 Å². The van der Waals surface area contributed by atoms with E-state index in [-0.39, 0.29) is 16.3 Å². The van der Waals surface area contributed by atoms with Crippen LogP contribution in [0.3, 0.4) is 0 Å². The van der Waals surface area contributed by atoms with Gasteiger partial charge in [-0.15, -0.1) is 0 Å². The number of pyridine rings is 1. The Hall–Kier alpha value is -2.79. The Kier molecular flexibility index (Phi) is 3.95. The summed E-state index contributed by atoms with van der Waals surface area (Å²) in [6.07, 6.45) is 1.35. The molecule has 0 unspecified atom stereocenters. The summed E-state index contributed by atoms with van der Waals surface area (Å²) in [5.74, 6) is 0.442. The van der Waals surface area contributed by atoms with Crippen molar-refractivity contribution in [3.8, 4) is 11.8 Å². The number of aromatic nitrogens is 1. The fourth-order valence-corrected chi connectivity index (χ4v) is 2.86. The molecule has 0 fully saturated rings. The molecule has 7 nitrogen and oxygen atoms in total. The van der Waals surface area contributed by atoms with Gasteiger partial charge in [0.15, 0.2) is 5.69 Å². The highest BCUT2D eigenvalue weighted by Gasteiger charge is 2.19. The first kappa shape index (κ1) is 14.6. The van der Waals surface area contributed by atoms with Crippen molar-refractivity contribution in [2.75, 3.05) is 17.6 Å². The molecular weight excluding hydrogens is 292 g/mol. The Morgan fingerprint density at radius 1 is 1.38 bits per heavy atom. The Labute approximate surface area is 122 Å². The maximum absolute atomic E-state index is 12.3. The van der Waals surface area contributed by atoms with E-state index in [0.717, 1.165) is 0 Å². The van der Waals surface area contributed by atoms with Crippen molar-refractivity contribution < 1.29 is 13.2 Å². The molecule has 1 aromatic heterocycles. The molecule has 0 amide bonds. The van der Waals surface area contributed by atoms with Crippen LogP contribution in [-0.4, -0.2) is 20.5 Å². The van der Waals surface area contributed by atoms with Crippen LogP contribution in [0, 0.1) is 11.3 Å². The molecule has 0 aliphatic rings. The molecule has 21 heavy (non-hydrogen) atoms. The van der Waals surface area contributed by atoms with Crippen molar-refractivity contribution in [3.63, 3.8) is 0 Å². The average Bonchev–Trinajstić information content (AvgIpc) is 2.47. The van der Waals surface area contributed by atoms with Crippen LogP contribution in [0.5, 0.6) is 5.75 Å². The standard InChI is InChI=1S/C13H12N4O3S/c1-20-12-5-4-9(7-10(12)15)17-21(18,19)13-3-2-6-16-11(13)8-14/h2-7,17H,15H2,1H3. The number of rotatable bonds is 4. The number of ether oxygens (including phenoxy) is 1. The number of nitrogen functional groups attached to an aromatic ring is 1. The smallest absolute Gasteiger partial charge is 0.264 e. The summed E-state index contributed by atoms with van der Waals surface area (Å²) in [7, 11) is -2.46. The maximum atomic E-state index is 12.3. The summed E-state index contributed by atoms with van der Waals surface area (Å²) >= 11 is 0. The van der Waals surface area contributed by atoms with E-state index in [1.807, 2.05) is 0 Å². The van der Waals surface area contributed by atoms with E-state index in [4.69, 9.17) is 15.7 Å². The lowest BCUT2D eigenvalue weighted by Gasteiger charge is -2.10. The molecule has 1 aromatic carbocycles. The fraction of sp³-hybridized carbons (Fsp3) is 0.0769. The third-order valence-corrected chi connectivity index (χ3v) is 4.06. The van der Waals surface area contributed by atoms with Crippen LogP contribution >= 0.6 is 0 Å². The van der Waals surface area contributed by atoms with E-state index in [1.165, 1.54) is 37.6 Å². The van der Waals surface area contributed by atoms with Gasteiger partial charge >= 0.3 is 0 Å². The molecule has 0 saturated heterocycles. The number of benzene rings is 1. The molecular formula is C13H12N4O3S. The van der Waals surface area contributed by atoms with Crippen LogP contribution in [0.2, 0.25) is 0 Å². The number of nitrogens with one attached hydrogen (secondary N) is 1. The first-order valence-corrected chi connectivity index (χ1v) is 7.27. The quantitative estimate of drug-likeness (QED) is 0.823. The normalized spacial score (nSPS) is 10.7. The Morgan fingerprint density at radius 2 is 2.14 bits per heavy atom. The minimum atomic E-state index is -3.92. The van der Waals surface area contributed by atoms with Gasteiger partial charge < -0.3 is 10.5 Å². The van der Waals surface area contributed by atoms with Gasteiger partial charge in [-0.25, -0.2) is 13.4 Å². The predicted molar refractivity (Wildman–Crippen MR) is 77.2 cm³/mol. The van der Waals surface area contributed by atoms with Gasteiger partial charge in [-0.05, 0) is 30.3 Å². The molecule has 0 radical (unpaired) electrons. The van der Waals surface area contributed by atoms with E-state index in [9.17, 15) is 8.42 Å². The average molecular weight is 304 g/mol. The lowest BCUT2D eigenvalue weighted by molar-refractivity contribution is 0.417. The number of hydrogen-bond donors (Lipinski definition) is 2. The number of sulfonamides is 1. The van der Waals surface area contributed by atoms with Gasteiger partial charge in [0.05, 0.1) is 18.5 Å². The van der Waals surface area contributed by atoms with Gasteiger partial charge in [-0.3, -0.25) is 4.72 Å². The third-order valence-electron chi connectivity index (χ3n) is 2.65. The summed E-state index contributed by atoms with van der Waals surface area (Å²) in [5, 5.41) is 8.92. The number of hydrogen-bond acceptors (Lipinski definition) is 6. The zero-order chi connectivity index (χ0) is 15.5. The molecule has 1 heterocycles. The summed E-state index contributed by atoms with van der Waals surface area (Å²) in [6.45, 7) is 0. The van der Waals surface area contributed by atoms with Gasteiger partial charge in [0.25, 0.3) is 10.0 Å². The van der Waals surface area contributed by atoms with Crippen molar-refractivity contribution >= 4 is 21.4 Å². The van der Waals surface area contributed by atoms with Crippen LogP contribution in [0.25, 0.3) is 0 Å². The minimum Gasteiger partial charge on any atom is -0.495 e. The van der Waals surface area contributed by atoms with Crippen LogP contribution in [0.1, 0.15) is 5.69 Å². The van der Waals surface area contributed by atoms with E-state index in [1.54, 1.807) is 12.1 Å². The number of nitrogens with two attached hydrogens (primary N) is 1. The highest BCUT2D eigenvalue weighted by atomic mass is 32.2. The van der Waals surface area contributed by atoms with E-state index < -0.39 is 10.0 Å². The van der Waals surface area contributed by atoms with Crippen molar-refractivity contribution in [1.29, 1.82) is 5.26 Å². The number of nitriles is 1. The molecule has 0 spiro atoms. The molecule has 2 rings (SSSR count). The summed E-state index contributed by atoms with van der Waals surface area (Å²) in [6, 6.07) is 8.97. The second-order valence-corrected chi connectivity index (χ2v) is 5.68. The molecule has 0 aliphatic carbocycles. The second kappa shape index (κ2) is 5.68. The van der Waals surface area contributed by atoms with E-state index >= 15 is 0 Å². The largest absolute Gasteiger partial charge is 0.495 e. The van der Waals surface area contributed by atoms with Gasteiger partial charge in [0.2, 0.25) is 0 Å². The van der Waals surface area contributed by atoms with Crippen molar-refractivity contribution in [3.05, 3.63) is 42.2 Å². The molecule has 3 N–H and O–H groups in total. The predicted octanol–water partition coefficient (Wildman–Crippen LogP) is 1.34. The first-order valence-electron chi connectivity index (χ1n) is 5.79. The Bertz CT molecular complexity index is 812. The molecule has 0 aliphatic heterocycles. The van der Waals surface area contributed by atoms with Gasteiger partial charge in [0.1, 0.15) is 16.7 Å². The first-order chi connectivity index (χ1) is 9.97. The van der Waals surface area contributed by atoms with Crippen molar-refractivity contribution in [2.24, 2.45) is 0 Å². The number of nitrogens with zero attached hydrogens (tertiary/aromatic N) is 2. The highest BCUT2D eigenvalue weighted by Crippen LogP contribution is 2.26. The highest BCUT2D eigenvalue weighted by molar-refractivity contribution is 7.92. The number of anilines is 2. The third kappa shape index (κ3) is 3.04. The van der Waals surface area contributed by atoms with Gasteiger partial charge in [0, 0.05) is 6.20 Å². The molecule has 0 atom stereocenters. The summed E-state index contributed by atoms with van der Waals surface area (Å²) in [4.78, 5) is 3.53. The topological polar surface area (TPSA) is 118 Å². The van der Waals surface area contributed by atoms with Crippen LogP contribution in [0.15, 0.2) is 41.4 Å². The second-order valence-electron chi connectivity index (χ2n) is 4.02. The maximum Gasteiger partial charge on any atom is 0.264 e. The number of methoxy groups -OCH3 is 1. The van der Waals surface area contributed by atoms with Gasteiger partial charge in [-0.2, -0.15) is 5.26 Å². The van der Waals surface area contributed by atoms with Crippen molar-refractivity contribution in [1.82, 2.24) is 4.98 Å². The lowest BCUT2D eigenvalue weighted by atomic mass is 10.2. The van der Waals surface area contributed by atoms with E-state index in [0.29, 0.717) is 11.4 Å². The van der Waals surface area contributed by atoms with Crippen LogP contribution < -0.4 is 15.2 Å². The molecule has 8 heteroatoms. The molecule has 0 saturated carbocycles. The minimum absolute atomic E-state index is 0.175. The summed E-state index contributed by atoms with van der Waals surface area (Å²) in [5.41, 5.74) is 6.11. The zero-order valence-electron chi connectivity index (χ0n) is 11.1.